The van der Waals surface area contributed by atoms with E-state index in [1.165, 1.54) is 27.5 Å². The van der Waals surface area contributed by atoms with Gasteiger partial charge in [-0.3, -0.25) is 0 Å². The lowest BCUT2D eigenvalue weighted by Gasteiger charge is -2.38. The molecular weight excluding hydrogens is 304 g/mol. The van der Waals surface area contributed by atoms with Crippen molar-refractivity contribution < 1.29 is 14.6 Å². The SMILES string of the molecule is OC(c1cc2c(s1)CCSC2)C1CCOC2(CCOC2)C1. The third-order valence-electron chi connectivity index (χ3n) is 4.98. The molecule has 4 heterocycles. The first-order valence-electron chi connectivity index (χ1n) is 7.85. The summed E-state index contributed by atoms with van der Waals surface area (Å²) in [5.41, 5.74) is 1.34. The topological polar surface area (TPSA) is 38.7 Å². The Morgan fingerprint density at radius 1 is 1.38 bits per heavy atom. The molecule has 0 bridgehead atoms. The predicted molar refractivity (Wildman–Crippen MR) is 86.0 cm³/mol. The Bertz CT molecular complexity index is 484. The highest BCUT2D eigenvalue weighted by Gasteiger charge is 2.43. The van der Waals surface area contributed by atoms with Crippen molar-refractivity contribution >= 4 is 23.1 Å². The fraction of sp³-hybridized carbons (Fsp3) is 0.750. The van der Waals surface area contributed by atoms with E-state index in [9.17, 15) is 5.11 Å². The Morgan fingerprint density at radius 3 is 3.14 bits per heavy atom. The van der Waals surface area contributed by atoms with Crippen LogP contribution in [0.15, 0.2) is 6.07 Å². The van der Waals surface area contributed by atoms with E-state index in [0.29, 0.717) is 12.5 Å². The van der Waals surface area contributed by atoms with Crippen molar-refractivity contribution in [2.45, 2.75) is 43.1 Å². The van der Waals surface area contributed by atoms with Crippen molar-refractivity contribution in [1.29, 1.82) is 0 Å². The van der Waals surface area contributed by atoms with E-state index in [0.717, 1.165) is 38.2 Å². The Morgan fingerprint density at radius 2 is 2.33 bits per heavy atom. The minimum atomic E-state index is -0.327. The highest BCUT2D eigenvalue weighted by molar-refractivity contribution is 7.98. The zero-order valence-electron chi connectivity index (χ0n) is 12.2. The quantitative estimate of drug-likeness (QED) is 0.906. The van der Waals surface area contributed by atoms with E-state index in [-0.39, 0.29) is 11.7 Å². The van der Waals surface area contributed by atoms with Crippen LogP contribution >= 0.6 is 23.1 Å². The number of aryl methyl sites for hydroxylation is 1. The summed E-state index contributed by atoms with van der Waals surface area (Å²) in [4.78, 5) is 2.66. The summed E-state index contributed by atoms with van der Waals surface area (Å²) >= 11 is 3.83. The number of rotatable bonds is 2. The van der Waals surface area contributed by atoms with Crippen molar-refractivity contribution in [2.24, 2.45) is 5.92 Å². The second-order valence-electron chi connectivity index (χ2n) is 6.43. The van der Waals surface area contributed by atoms with E-state index in [1.807, 2.05) is 23.1 Å². The Labute approximate surface area is 134 Å². The number of aliphatic hydroxyl groups is 1. The molecule has 2 fully saturated rings. The summed E-state index contributed by atoms with van der Waals surface area (Å²) in [7, 11) is 0. The minimum Gasteiger partial charge on any atom is -0.387 e. The molecule has 3 nitrogen and oxygen atoms in total. The second kappa shape index (κ2) is 5.85. The molecular formula is C16H22O3S2. The molecule has 4 rings (SSSR count). The summed E-state index contributed by atoms with van der Waals surface area (Å²) in [6.45, 7) is 2.26. The molecule has 0 aromatic carbocycles. The van der Waals surface area contributed by atoms with Gasteiger partial charge < -0.3 is 14.6 Å². The molecule has 21 heavy (non-hydrogen) atoms. The van der Waals surface area contributed by atoms with Gasteiger partial charge >= 0.3 is 0 Å². The van der Waals surface area contributed by atoms with Crippen molar-refractivity contribution in [2.75, 3.05) is 25.6 Å². The maximum absolute atomic E-state index is 10.8. The average Bonchev–Trinajstić information content (AvgIpc) is 3.13. The molecule has 3 atom stereocenters. The van der Waals surface area contributed by atoms with Crippen LogP contribution in [0.4, 0.5) is 0 Å². The zero-order chi connectivity index (χ0) is 14.3. The van der Waals surface area contributed by atoms with Gasteiger partial charge in [0.1, 0.15) is 0 Å². The van der Waals surface area contributed by atoms with Gasteiger partial charge in [0, 0.05) is 35.1 Å². The van der Waals surface area contributed by atoms with E-state index in [1.54, 1.807) is 0 Å². The molecule has 0 radical (unpaired) electrons. The van der Waals surface area contributed by atoms with Crippen LogP contribution in [0.3, 0.4) is 0 Å². The molecule has 0 saturated carbocycles. The van der Waals surface area contributed by atoms with Gasteiger partial charge in [-0.2, -0.15) is 11.8 Å². The Balaban J connectivity index is 1.51. The summed E-state index contributed by atoms with van der Waals surface area (Å²) < 4.78 is 11.5. The highest BCUT2D eigenvalue weighted by atomic mass is 32.2. The van der Waals surface area contributed by atoms with Crippen molar-refractivity contribution in [3.05, 3.63) is 21.4 Å². The molecule has 116 valence electrons. The molecule has 3 aliphatic rings. The Hall–Kier alpha value is -0.0700. The van der Waals surface area contributed by atoms with Gasteiger partial charge in [0.2, 0.25) is 0 Å². The van der Waals surface area contributed by atoms with Crippen LogP contribution in [0.1, 0.15) is 40.7 Å². The molecule has 3 unspecified atom stereocenters. The standard InChI is InChI=1S/C16H22O3S2/c17-15(14-7-12-9-20-6-2-13(12)21-14)11-1-4-19-16(8-11)3-5-18-10-16/h7,11,15,17H,1-6,8-10H2. The summed E-state index contributed by atoms with van der Waals surface area (Å²) in [6, 6.07) is 2.25. The van der Waals surface area contributed by atoms with Gasteiger partial charge in [-0.15, -0.1) is 11.3 Å². The summed E-state index contributed by atoms with van der Waals surface area (Å²) in [6.07, 6.45) is 3.72. The number of aliphatic hydroxyl groups excluding tert-OH is 1. The molecule has 1 spiro atoms. The monoisotopic (exact) mass is 326 g/mol. The molecule has 0 amide bonds. The smallest absolute Gasteiger partial charge is 0.0940 e. The number of ether oxygens (including phenoxy) is 2. The third kappa shape index (κ3) is 2.79. The van der Waals surface area contributed by atoms with Crippen LogP contribution in [0, 0.1) is 5.92 Å². The van der Waals surface area contributed by atoms with Gasteiger partial charge in [-0.05, 0) is 42.6 Å². The van der Waals surface area contributed by atoms with E-state index >= 15 is 0 Å². The molecule has 1 aromatic rings. The van der Waals surface area contributed by atoms with Gasteiger partial charge in [0.25, 0.3) is 0 Å². The summed E-state index contributed by atoms with van der Waals surface area (Å²) in [5.74, 6) is 2.65. The molecule has 1 aromatic heterocycles. The van der Waals surface area contributed by atoms with Crippen LogP contribution in [0.2, 0.25) is 0 Å². The highest BCUT2D eigenvalue weighted by Crippen LogP contribution is 2.43. The van der Waals surface area contributed by atoms with E-state index in [2.05, 4.69) is 6.07 Å². The number of hydrogen-bond acceptors (Lipinski definition) is 5. The Kier molecular flexibility index (Phi) is 4.05. The van der Waals surface area contributed by atoms with E-state index in [4.69, 9.17) is 9.47 Å². The van der Waals surface area contributed by atoms with Gasteiger partial charge in [0.15, 0.2) is 0 Å². The molecule has 5 heteroatoms. The van der Waals surface area contributed by atoms with Crippen LogP contribution in [-0.4, -0.2) is 36.3 Å². The van der Waals surface area contributed by atoms with Crippen LogP contribution < -0.4 is 0 Å². The molecule has 3 aliphatic heterocycles. The summed E-state index contributed by atoms with van der Waals surface area (Å²) in [5, 5.41) is 10.8. The number of fused-ring (bicyclic) bond motifs is 1. The number of hydrogen-bond donors (Lipinski definition) is 1. The zero-order valence-corrected chi connectivity index (χ0v) is 13.8. The van der Waals surface area contributed by atoms with E-state index < -0.39 is 0 Å². The van der Waals surface area contributed by atoms with Crippen LogP contribution in [0.25, 0.3) is 0 Å². The first kappa shape index (κ1) is 14.5. The molecule has 2 saturated heterocycles. The van der Waals surface area contributed by atoms with Crippen molar-refractivity contribution in [3.8, 4) is 0 Å². The van der Waals surface area contributed by atoms with Crippen molar-refractivity contribution in [1.82, 2.24) is 0 Å². The predicted octanol–water partition coefficient (Wildman–Crippen LogP) is 3.16. The third-order valence-corrected chi connectivity index (χ3v) is 7.30. The fourth-order valence-corrected chi connectivity index (χ4v) is 6.20. The maximum Gasteiger partial charge on any atom is 0.0940 e. The fourth-order valence-electron chi connectivity index (χ4n) is 3.75. The second-order valence-corrected chi connectivity index (χ2v) is 8.71. The van der Waals surface area contributed by atoms with Gasteiger partial charge in [-0.25, -0.2) is 0 Å². The van der Waals surface area contributed by atoms with Crippen molar-refractivity contribution in [3.63, 3.8) is 0 Å². The average molecular weight is 326 g/mol. The van der Waals surface area contributed by atoms with Crippen LogP contribution in [-0.2, 0) is 21.6 Å². The number of thioether (sulfide) groups is 1. The first-order chi connectivity index (χ1) is 10.3. The van der Waals surface area contributed by atoms with Crippen LogP contribution in [0.5, 0.6) is 0 Å². The number of thiophene rings is 1. The first-order valence-corrected chi connectivity index (χ1v) is 9.82. The molecule has 0 aliphatic carbocycles. The lowest BCUT2D eigenvalue weighted by Crippen LogP contribution is -2.41. The lowest BCUT2D eigenvalue weighted by atomic mass is 9.82. The minimum absolute atomic E-state index is 0.114. The maximum atomic E-state index is 10.8. The molecule has 1 N–H and O–H groups in total. The van der Waals surface area contributed by atoms with Gasteiger partial charge in [-0.1, -0.05) is 0 Å². The van der Waals surface area contributed by atoms with Gasteiger partial charge in [0.05, 0.1) is 18.3 Å². The lowest BCUT2D eigenvalue weighted by molar-refractivity contribution is -0.116. The normalized spacial score (nSPS) is 34.0. The largest absolute Gasteiger partial charge is 0.387 e.